The zero-order valence-electron chi connectivity index (χ0n) is 16.1. The number of hydrogen-bond acceptors (Lipinski definition) is 4. The Morgan fingerprint density at radius 2 is 1.75 bits per heavy atom. The molecule has 0 bridgehead atoms. The Hall–Kier alpha value is -3.12. The summed E-state index contributed by atoms with van der Waals surface area (Å²) >= 11 is 0. The number of carbonyl (C=O) groups is 2. The number of nitrogens with zero attached hydrogens (tertiary/aromatic N) is 1. The van der Waals surface area contributed by atoms with Crippen molar-refractivity contribution in [1.82, 2.24) is 15.5 Å². The van der Waals surface area contributed by atoms with Crippen LogP contribution in [0.5, 0.6) is 0 Å². The fourth-order valence-electron chi connectivity index (χ4n) is 3.15. The van der Waals surface area contributed by atoms with E-state index in [-0.39, 0.29) is 30.8 Å². The number of rotatable bonds is 8. The van der Waals surface area contributed by atoms with Crippen LogP contribution in [0.25, 0.3) is 10.8 Å². The lowest BCUT2D eigenvalue weighted by Gasteiger charge is -2.22. The van der Waals surface area contributed by atoms with Gasteiger partial charge in [0.2, 0.25) is 11.8 Å². The van der Waals surface area contributed by atoms with Crippen molar-refractivity contribution in [3.8, 4) is 0 Å². The minimum Gasteiger partial charge on any atom is -0.468 e. The van der Waals surface area contributed by atoms with Gasteiger partial charge in [-0.05, 0) is 42.6 Å². The van der Waals surface area contributed by atoms with Crippen LogP contribution in [0.3, 0.4) is 0 Å². The molecule has 0 aliphatic carbocycles. The van der Waals surface area contributed by atoms with E-state index in [0.29, 0.717) is 6.54 Å². The van der Waals surface area contributed by atoms with Gasteiger partial charge in [0.05, 0.1) is 25.3 Å². The first-order chi connectivity index (χ1) is 13.5. The van der Waals surface area contributed by atoms with Crippen molar-refractivity contribution in [2.45, 2.75) is 12.5 Å². The Labute approximate surface area is 164 Å². The second-order valence-corrected chi connectivity index (χ2v) is 6.89. The number of likely N-dealkylation sites (N-methyl/N-ethyl adjacent to an activating group) is 1. The van der Waals surface area contributed by atoms with Gasteiger partial charge in [-0.1, -0.05) is 42.5 Å². The maximum absolute atomic E-state index is 12.3. The summed E-state index contributed by atoms with van der Waals surface area (Å²) in [5.74, 6) is 0.372. The molecule has 6 heteroatoms. The maximum atomic E-state index is 12.3. The molecule has 0 fully saturated rings. The number of nitrogens with one attached hydrogen (secondary N) is 2. The summed E-state index contributed by atoms with van der Waals surface area (Å²) in [6.45, 7) is 0.348. The van der Waals surface area contributed by atoms with Crippen LogP contribution in [0.1, 0.15) is 17.4 Å². The first-order valence-electron chi connectivity index (χ1n) is 9.24. The van der Waals surface area contributed by atoms with Crippen molar-refractivity contribution >= 4 is 22.6 Å². The third-order valence-corrected chi connectivity index (χ3v) is 4.66. The minimum absolute atomic E-state index is 0.0537. The second kappa shape index (κ2) is 9.19. The van der Waals surface area contributed by atoms with Crippen LogP contribution in [0.15, 0.2) is 65.3 Å². The van der Waals surface area contributed by atoms with Crippen LogP contribution in [0.2, 0.25) is 0 Å². The van der Waals surface area contributed by atoms with Crippen LogP contribution in [0, 0.1) is 0 Å². The lowest BCUT2D eigenvalue weighted by atomic mass is 10.0. The minimum atomic E-state index is -0.232. The molecule has 0 aliphatic heterocycles. The number of carbonyl (C=O) groups excluding carboxylic acids is 2. The molecule has 0 spiro atoms. The zero-order chi connectivity index (χ0) is 19.9. The van der Waals surface area contributed by atoms with E-state index in [9.17, 15) is 9.59 Å². The summed E-state index contributed by atoms with van der Waals surface area (Å²) < 4.78 is 5.43. The average molecular weight is 379 g/mol. The largest absolute Gasteiger partial charge is 0.468 e. The molecule has 0 radical (unpaired) electrons. The molecule has 1 aromatic heterocycles. The molecule has 1 heterocycles. The predicted molar refractivity (Wildman–Crippen MR) is 109 cm³/mol. The van der Waals surface area contributed by atoms with Gasteiger partial charge in [0.1, 0.15) is 5.76 Å². The van der Waals surface area contributed by atoms with E-state index < -0.39 is 0 Å². The number of benzene rings is 2. The van der Waals surface area contributed by atoms with Crippen molar-refractivity contribution in [2.24, 2.45) is 0 Å². The molecule has 1 unspecified atom stereocenters. The number of hydrogen-bond donors (Lipinski definition) is 2. The Morgan fingerprint density at radius 3 is 2.50 bits per heavy atom. The normalized spacial score (nSPS) is 12.1. The second-order valence-electron chi connectivity index (χ2n) is 6.89. The lowest BCUT2D eigenvalue weighted by Crippen LogP contribution is -2.41. The summed E-state index contributed by atoms with van der Waals surface area (Å²) in [4.78, 5) is 26.4. The highest BCUT2D eigenvalue weighted by Gasteiger charge is 2.18. The molecule has 2 aromatic carbocycles. The van der Waals surface area contributed by atoms with E-state index in [0.717, 1.165) is 22.1 Å². The van der Waals surface area contributed by atoms with Gasteiger partial charge in [0, 0.05) is 6.54 Å². The van der Waals surface area contributed by atoms with Crippen LogP contribution in [-0.4, -0.2) is 43.9 Å². The van der Waals surface area contributed by atoms with Crippen molar-refractivity contribution in [2.75, 3.05) is 27.2 Å². The highest BCUT2D eigenvalue weighted by atomic mass is 16.3. The van der Waals surface area contributed by atoms with E-state index in [2.05, 4.69) is 10.6 Å². The van der Waals surface area contributed by atoms with Crippen molar-refractivity contribution < 1.29 is 14.0 Å². The standard InChI is InChI=1S/C22H25N3O3/c1-25(2)19(20-11-6-12-28-20)14-23-22(27)15-24-21(26)13-17-9-5-8-16-7-3-4-10-18(16)17/h3-12,19H,13-15H2,1-2H3,(H,23,27)(H,24,26). The van der Waals surface area contributed by atoms with Crippen LogP contribution in [-0.2, 0) is 16.0 Å². The molecular formula is C22H25N3O3. The molecule has 0 saturated heterocycles. The monoisotopic (exact) mass is 379 g/mol. The molecule has 0 aliphatic rings. The number of furan rings is 1. The van der Waals surface area contributed by atoms with Crippen LogP contribution >= 0.6 is 0 Å². The third-order valence-electron chi connectivity index (χ3n) is 4.66. The molecule has 28 heavy (non-hydrogen) atoms. The van der Waals surface area contributed by atoms with Crippen molar-refractivity contribution in [3.63, 3.8) is 0 Å². The topological polar surface area (TPSA) is 74.6 Å². The van der Waals surface area contributed by atoms with Gasteiger partial charge in [-0.3, -0.25) is 14.5 Å². The van der Waals surface area contributed by atoms with Crippen molar-refractivity contribution in [1.29, 1.82) is 0 Å². The SMILES string of the molecule is CN(C)C(CNC(=O)CNC(=O)Cc1cccc2ccccc12)c1ccco1. The van der Waals surface area contributed by atoms with Gasteiger partial charge in [-0.2, -0.15) is 0 Å². The van der Waals surface area contributed by atoms with E-state index in [1.54, 1.807) is 6.26 Å². The molecule has 3 rings (SSSR count). The summed E-state index contributed by atoms with van der Waals surface area (Å²) in [6, 6.07) is 17.5. The van der Waals surface area contributed by atoms with Crippen LogP contribution < -0.4 is 10.6 Å². The fourth-order valence-corrected chi connectivity index (χ4v) is 3.15. The molecule has 6 nitrogen and oxygen atoms in total. The van der Waals surface area contributed by atoms with Crippen LogP contribution in [0.4, 0.5) is 0 Å². The molecule has 3 aromatic rings. The molecule has 0 saturated carbocycles. The van der Waals surface area contributed by atoms with Gasteiger partial charge in [-0.25, -0.2) is 0 Å². The molecule has 146 valence electrons. The van der Waals surface area contributed by atoms with E-state index in [1.807, 2.05) is 73.6 Å². The Kier molecular flexibility index (Phi) is 6.45. The van der Waals surface area contributed by atoms with Gasteiger partial charge in [0.15, 0.2) is 0 Å². The zero-order valence-corrected chi connectivity index (χ0v) is 16.1. The van der Waals surface area contributed by atoms with Crippen molar-refractivity contribution in [3.05, 3.63) is 72.2 Å². The third kappa shape index (κ3) is 4.98. The number of fused-ring (bicyclic) bond motifs is 1. The fraction of sp³-hybridized carbons (Fsp3) is 0.273. The average Bonchev–Trinajstić information content (AvgIpc) is 3.21. The predicted octanol–water partition coefficient (Wildman–Crippen LogP) is 2.51. The summed E-state index contributed by atoms with van der Waals surface area (Å²) in [6.07, 6.45) is 1.85. The van der Waals surface area contributed by atoms with Gasteiger partial charge in [0.25, 0.3) is 0 Å². The molecule has 2 amide bonds. The van der Waals surface area contributed by atoms with E-state index in [1.165, 1.54) is 0 Å². The highest BCUT2D eigenvalue weighted by molar-refractivity contribution is 5.91. The maximum Gasteiger partial charge on any atom is 0.239 e. The van der Waals surface area contributed by atoms with E-state index in [4.69, 9.17) is 4.42 Å². The van der Waals surface area contributed by atoms with Gasteiger partial charge < -0.3 is 15.1 Å². The Bertz CT molecular complexity index is 930. The Morgan fingerprint density at radius 1 is 0.964 bits per heavy atom. The lowest BCUT2D eigenvalue weighted by molar-refractivity contribution is -0.125. The first-order valence-corrected chi connectivity index (χ1v) is 9.24. The number of amides is 2. The quantitative estimate of drug-likeness (QED) is 0.631. The summed E-state index contributed by atoms with van der Waals surface area (Å²) in [7, 11) is 3.84. The molecule has 2 N–H and O–H groups in total. The molecular weight excluding hydrogens is 354 g/mol. The summed E-state index contributed by atoms with van der Waals surface area (Å²) in [5.41, 5.74) is 0.946. The van der Waals surface area contributed by atoms with Gasteiger partial charge >= 0.3 is 0 Å². The Balaban J connectivity index is 1.49. The van der Waals surface area contributed by atoms with Gasteiger partial charge in [-0.15, -0.1) is 0 Å². The molecule has 1 atom stereocenters. The summed E-state index contributed by atoms with van der Waals surface area (Å²) in [5, 5.41) is 7.69. The van der Waals surface area contributed by atoms with E-state index >= 15 is 0 Å². The highest BCUT2D eigenvalue weighted by Crippen LogP contribution is 2.19. The smallest absolute Gasteiger partial charge is 0.239 e. The first kappa shape index (κ1) is 19.6.